The van der Waals surface area contributed by atoms with Crippen molar-refractivity contribution in [2.75, 3.05) is 5.88 Å². The molecule has 4 heteroatoms. The second-order valence-electron chi connectivity index (χ2n) is 1.96. The maximum absolute atomic E-state index is 5.69. The second kappa shape index (κ2) is 3.84. The lowest BCUT2D eigenvalue weighted by Gasteiger charge is -1.92. The average Bonchev–Trinajstić information content (AvgIpc) is 2.31. The van der Waals surface area contributed by atoms with E-state index < -0.39 is 0 Å². The minimum atomic E-state index is 0.560. The van der Waals surface area contributed by atoms with Crippen LogP contribution in [0.25, 0.3) is 0 Å². The minimum Gasteiger partial charge on any atom is -0.347 e. The van der Waals surface area contributed by atoms with Crippen LogP contribution in [0.4, 0.5) is 0 Å². The standard InChI is InChI=1S/C6H8Cl2N2/c7-3-1-2-5-6(8)10-4-9-5/h4H,1-3H2,(H,9,10). The molecular formula is C6H8Cl2N2. The SMILES string of the molecule is ClCCCc1[nH]cnc1Cl. The monoisotopic (exact) mass is 178 g/mol. The number of aromatic amines is 1. The molecule has 0 aliphatic rings. The Bertz CT molecular complexity index is 197. The first-order valence-electron chi connectivity index (χ1n) is 3.08. The Morgan fingerprint density at radius 3 is 2.90 bits per heavy atom. The lowest BCUT2D eigenvalue weighted by Crippen LogP contribution is -1.86. The quantitative estimate of drug-likeness (QED) is 0.708. The van der Waals surface area contributed by atoms with Gasteiger partial charge in [-0.25, -0.2) is 4.98 Å². The van der Waals surface area contributed by atoms with E-state index in [1.165, 1.54) is 0 Å². The van der Waals surface area contributed by atoms with Gasteiger partial charge in [-0.15, -0.1) is 11.6 Å². The second-order valence-corrected chi connectivity index (χ2v) is 2.70. The molecule has 0 radical (unpaired) electrons. The zero-order valence-corrected chi connectivity index (χ0v) is 6.91. The van der Waals surface area contributed by atoms with Crippen molar-refractivity contribution in [2.45, 2.75) is 12.8 Å². The van der Waals surface area contributed by atoms with Crippen LogP contribution in [0.3, 0.4) is 0 Å². The third-order valence-corrected chi connectivity index (χ3v) is 1.82. The molecule has 56 valence electrons. The number of H-pyrrole nitrogens is 1. The van der Waals surface area contributed by atoms with Crippen molar-refractivity contribution in [3.63, 3.8) is 0 Å². The van der Waals surface area contributed by atoms with Gasteiger partial charge in [0.2, 0.25) is 0 Å². The Balaban J connectivity index is 2.49. The van der Waals surface area contributed by atoms with Crippen molar-refractivity contribution in [3.8, 4) is 0 Å². The number of halogens is 2. The lowest BCUT2D eigenvalue weighted by molar-refractivity contribution is 0.898. The summed E-state index contributed by atoms with van der Waals surface area (Å²) in [5, 5.41) is 0.560. The number of hydrogen-bond acceptors (Lipinski definition) is 1. The molecule has 1 N–H and O–H groups in total. The van der Waals surface area contributed by atoms with Crippen molar-refractivity contribution >= 4 is 23.2 Å². The van der Waals surface area contributed by atoms with E-state index in [1.807, 2.05) is 0 Å². The molecule has 0 aliphatic carbocycles. The fraction of sp³-hybridized carbons (Fsp3) is 0.500. The van der Waals surface area contributed by atoms with Crippen LogP contribution in [0.5, 0.6) is 0 Å². The van der Waals surface area contributed by atoms with Crippen molar-refractivity contribution in [3.05, 3.63) is 17.2 Å². The van der Waals surface area contributed by atoms with E-state index in [1.54, 1.807) is 6.33 Å². The zero-order valence-electron chi connectivity index (χ0n) is 5.40. The maximum Gasteiger partial charge on any atom is 0.150 e. The molecule has 2 nitrogen and oxygen atoms in total. The Hall–Kier alpha value is -0.210. The number of nitrogens with zero attached hydrogens (tertiary/aromatic N) is 1. The summed E-state index contributed by atoms with van der Waals surface area (Å²) < 4.78 is 0. The first-order chi connectivity index (χ1) is 4.84. The summed E-state index contributed by atoms with van der Waals surface area (Å²) in [5.74, 6) is 0.662. The van der Waals surface area contributed by atoms with Crippen molar-refractivity contribution in [1.82, 2.24) is 9.97 Å². The van der Waals surface area contributed by atoms with Gasteiger partial charge in [0.05, 0.1) is 12.0 Å². The average molecular weight is 179 g/mol. The van der Waals surface area contributed by atoms with E-state index in [9.17, 15) is 0 Å². The molecule has 0 amide bonds. The van der Waals surface area contributed by atoms with Crippen LogP contribution in [0.2, 0.25) is 5.15 Å². The van der Waals surface area contributed by atoms with Crippen LogP contribution in [-0.4, -0.2) is 15.8 Å². The molecule has 1 heterocycles. The fourth-order valence-electron chi connectivity index (χ4n) is 0.723. The highest BCUT2D eigenvalue weighted by molar-refractivity contribution is 6.30. The number of rotatable bonds is 3. The predicted octanol–water partition coefficient (Wildman–Crippen LogP) is 2.23. The molecule has 0 unspecified atom stereocenters. The molecule has 0 spiro atoms. The number of aromatic nitrogens is 2. The molecule has 1 rings (SSSR count). The highest BCUT2D eigenvalue weighted by atomic mass is 35.5. The summed E-state index contributed by atoms with van der Waals surface area (Å²) >= 11 is 11.2. The number of alkyl halides is 1. The normalized spacial score (nSPS) is 10.2. The number of imidazole rings is 1. The van der Waals surface area contributed by atoms with E-state index in [-0.39, 0.29) is 0 Å². The highest BCUT2D eigenvalue weighted by Gasteiger charge is 1.99. The summed E-state index contributed by atoms with van der Waals surface area (Å²) in [6, 6.07) is 0. The molecular weight excluding hydrogens is 171 g/mol. The molecule has 1 aromatic rings. The van der Waals surface area contributed by atoms with Gasteiger partial charge in [-0.2, -0.15) is 0 Å². The summed E-state index contributed by atoms with van der Waals surface area (Å²) in [6.07, 6.45) is 3.40. The third-order valence-electron chi connectivity index (χ3n) is 1.23. The summed E-state index contributed by atoms with van der Waals surface area (Å²) in [6.45, 7) is 0. The van der Waals surface area contributed by atoms with Gasteiger partial charge in [-0.05, 0) is 12.8 Å². The molecule has 0 aliphatic heterocycles. The lowest BCUT2D eigenvalue weighted by atomic mass is 10.3. The Morgan fingerprint density at radius 1 is 1.60 bits per heavy atom. The van der Waals surface area contributed by atoms with E-state index in [2.05, 4.69) is 9.97 Å². The van der Waals surface area contributed by atoms with Crippen LogP contribution in [0.15, 0.2) is 6.33 Å². The van der Waals surface area contributed by atoms with E-state index in [0.29, 0.717) is 11.0 Å². The molecule has 0 atom stereocenters. The van der Waals surface area contributed by atoms with Crippen LogP contribution < -0.4 is 0 Å². The molecule has 10 heavy (non-hydrogen) atoms. The first kappa shape index (κ1) is 7.89. The van der Waals surface area contributed by atoms with Gasteiger partial charge < -0.3 is 4.98 Å². The van der Waals surface area contributed by atoms with Crippen LogP contribution in [-0.2, 0) is 6.42 Å². The fourth-order valence-corrected chi connectivity index (χ4v) is 1.05. The third kappa shape index (κ3) is 1.89. The van der Waals surface area contributed by atoms with E-state index >= 15 is 0 Å². The molecule has 0 bridgehead atoms. The minimum absolute atomic E-state index is 0.560. The first-order valence-corrected chi connectivity index (χ1v) is 3.99. The van der Waals surface area contributed by atoms with E-state index in [0.717, 1.165) is 18.5 Å². The number of hydrogen-bond donors (Lipinski definition) is 1. The summed E-state index contributed by atoms with van der Waals surface area (Å²) in [4.78, 5) is 6.77. The number of nitrogens with one attached hydrogen (secondary N) is 1. The van der Waals surface area contributed by atoms with Gasteiger partial charge in [0.15, 0.2) is 0 Å². The topological polar surface area (TPSA) is 28.7 Å². The van der Waals surface area contributed by atoms with Gasteiger partial charge in [0.1, 0.15) is 5.15 Å². The van der Waals surface area contributed by atoms with E-state index in [4.69, 9.17) is 23.2 Å². The van der Waals surface area contributed by atoms with Gasteiger partial charge in [0, 0.05) is 5.88 Å². The molecule has 1 aromatic heterocycles. The van der Waals surface area contributed by atoms with Crippen molar-refractivity contribution in [1.29, 1.82) is 0 Å². The van der Waals surface area contributed by atoms with Crippen molar-refractivity contribution in [2.24, 2.45) is 0 Å². The van der Waals surface area contributed by atoms with Gasteiger partial charge in [0.25, 0.3) is 0 Å². The van der Waals surface area contributed by atoms with Crippen LogP contribution in [0, 0.1) is 0 Å². The Kier molecular flexibility index (Phi) is 3.03. The zero-order chi connectivity index (χ0) is 7.40. The molecule has 0 aromatic carbocycles. The maximum atomic E-state index is 5.69. The smallest absolute Gasteiger partial charge is 0.150 e. The van der Waals surface area contributed by atoms with Crippen LogP contribution >= 0.6 is 23.2 Å². The molecule has 0 saturated carbocycles. The van der Waals surface area contributed by atoms with Gasteiger partial charge in [-0.3, -0.25) is 0 Å². The Labute approximate surface area is 69.6 Å². The van der Waals surface area contributed by atoms with Crippen LogP contribution in [0.1, 0.15) is 12.1 Å². The summed E-state index contributed by atoms with van der Waals surface area (Å²) in [5.41, 5.74) is 0.974. The Morgan fingerprint density at radius 2 is 2.40 bits per heavy atom. The molecule has 0 fully saturated rings. The molecule has 0 saturated heterocycles. The highest BCUT2D eigenvalue weighted by Crippen LogP contribution is 2.11. The van der Waals surface area contributed by atoms with Gasteiger partial charge >= 0.3 is 0 Å². The van der Waals surface area contributed by atoms with Crippen molar-refractivity contribution < 1.29 is 0 Å². The summed E-state index contributed by atoms with van der Waals surface area (Å²) in [7, 11) is 0. The predicted molar refractivity (Wildman–Crippen MR) is 42.6 cm³/mol. The van der Waals surface area contributed by atoms with Gasteiger partial charge in [-0.1, -0.05) is 11.6 Å². The largest absolute Gasteiger partial charge is 0.347 e. The number of aryl methyl sites for hydroxylation is 1.